The summed E-state index contributed by atoms with van der Waals surface area (Å²) in [4.78, 5) is 13.1. The van der Waals surface area contributed by atoms with Crippen molar-refractivity contribution in [3.63, 3.8) is 0 Å². The number of hydrogen-bond donors (Lipinski definition) is 2. The maximum atomic E-state index is 5.50. The molecule has 0 amide bonds. The molecule has 0 radical (unpaired) electrons. The van der Waals surface area contributed by atoms with Gasteiger partial charge in [-0.3, -0.25) is 0 Å². The van der Waals surface area contributed by atoms with Gasteiger partial charge in [-0.15, -0.1) is 11.3 Å². The van der Waals surface area contributed by atoms with Gasteiger partial charge in [0.2, 0.25) is 0 Å². The first kappa shape index (κ1) is 19.6. The van der Waals surface area contributed by atoms with Crippen molar-refractivity contribution < 1.29 is 4.74 Å². The third-order valence-electron chi connectivity index (χ3n) is 5.14. The van der Waals surface area contributed by atoms with Gasteiger partial charge in [-0.1, -0.05) is 6.92 Å². The van der Waals surface area contributed by atoms with E-state index in [1.165, 1.54) is 43.8 Å². The second-order valence-electron chi connectivity index (χ2n) is 7.22. The van der Waals surface area contributed by atoms with Crippen LogP contribution >= 0.6 is 11.3 Å². The average Bonchev–Trinajstić information content (AvgIpc) is 3.33. The number of hydrogen-bond acceptors (Lipinski definition) is 5. The van der Waals surface area contributed by atoms with Crippen molar-refractivity contribution in [2.24, 2.45) is 10.9 Å². The van der Waals surface area contributed by atoms with Gasteiger partial charge in [0.1, 0.15) is 5.01 Å². The topological polar surface area (TPSA) is 61.8 Å². The highest BCUT2D eigenvalue weighted by atomic mass is 32.1. The van der Waals surface area contributed by atoms with Crippen LogP contribution in [0.5, 0.6) is 0 Å². The van der Waals surface area contributed by atoms with Gasteiger partial charge in [-0.05, 0) is 38.5 Å². The summed E-state index contributed by atoms with van der Waals surface area (Å²) in [6.45, 7) is 11.2. The van der Waals surface area contributed by atoms with Gasteiger partial charge in [0, 0.05) is 49.9 Å². The Hall–Kier alpha value is -1.18. The van der Waals surface area contributed by atoms with Crippen molar-refractivity contribution in [1.82, 2.24) is 20.5 Å². The molecular formula is C19H33N5OS. The SMILES string of the molecule is CCNC(=NCc1ncc(CC)s1)NC1CCN(CC2CCOC2)CC1. The lowest BCUT2D eigenvalue weighted by atomic mass is 10.0. The van der Waals surface area contributed by atoms with Crippen LogP contribution in [0.15, 0.2) is 11.2 Å². The lowest BCUT2D eigenvalue weighted by Crippen LogP contribution is -2.49. The third kappa shape index (κ3) is 5.93. The number of aliphatic imine (C=N–C) groups is 1. The molecule has 1 aromatic rings. The molecule has 0 aliphatic carbocycles. The summed E-state index contributed by atoms with van der Waals surface area (Å²) in [5.74, 6) is 1.66. The molecule has 146 valence electrons. The van der Waals surface area contributed by atoms with E-state index in [0.717, 1.165) is 43.1 Å². The molecule has 3 heterocycles. The lowest BCUT2D eigenvalue weighted by molar-refractivity contribution is 0.150. The van der Waals surface area contributed by atoms with Crippen molar-refractivity contribution in [2.75, 3.05) is 39.4 Å². The molecule has 1 atom stereocenters. The number of likely N-dealkylation sites (tertiary alicyclic amines) is 1. The Morgan fingerprint density at radius 3 is 2.85 bits per heavy atom. The van der Waals surface area contributed by atoms with Crippen molar-refractivity contribution in [2.45, 2.75) is 52.1 Å². The summed E-state index contributed by atoms with van der Waals surface area (Å²) in [6.07, 6.45) is 6.60. The summed E-state index contributed by atoms with van der Waals surface area (Å²) in [5.41, 5.74) is 0. The molecule has 6 nitrogen and oxygen atoms in total. The fourth-order valence-corrected chi connectivity index (χ4v) is 4.38. The van der Waals surface area contributed by atoms with Gasteiger partial charge in [0.05, 0.1) is 13.2 Å². The molecule has 1 aromatic heterocycles. The highest BCUT2D eigenvalue weighted by Gasteiger charge is 2.24. The normalized spacial score (nSPS) is 22.7. The molecular weight excluding hydrogens is 346 g/mol. The van der Waals surface area contributed by atoms with E-state index in [4.69, 9.17) is 9.73 Å². The Kier molecular flexibility index (Phi) is 7.70. The fourth-order valence-electron chi connectivity index (χ4n) is 3.60. The predicted octanol–water partition coefficient (Wildman–Crippen LogP) is 2.26. The standard InChI is InChI=1S/C19H33N5OS/c1-3-17-11-21-18(26-17)12-22-19(20-4-2)23-16-5-8-24(9-6-16)13-15-7-10-25-14-15/h11,15-16H,3-10,12-14H2,1-2H3,(H2,20,22,23). The quantitative estimate of drug-likeness (QED) is 0.562. The number of piperidine rings is 1. The van der Waals surface area contributed by atoms with Crippen molar-refractivity contribution in [3.8, 4) is 0 Å². The van der Waals surface area contributed by atoms with E-state index < -0.39 is 0 Å². The summed E-state index contributed by atoms with van der Waals surface area (Å²) >= 11 is 1.76. The van der Waals surface area contributed by atoms with Crippen LogP contribution < -0.4 is 10.6 Å². The summed E-state index contributed by atoms with van der Waals surface area (Å²) in [5, 5.41) is 8.09. The Balaban J connectivity index is 1.44. The molecule has 3 rings (SSSR count). The van der Waals surface area contributed by atoms with Crippen molar-refractivity contribution in [1.29, 1.82) is 0 Å². The number of guanidine groups is 1. The molecule has 0 aromatic carbocycles. The first-order chi connectivity index (χ1) is 12.8. The summed E-state index contributed by atoms with van der Waals surface area (Å²) in [7, 11) is 0. The minimum absolute atomic E-state index is 0.506. The zero-order chi connectivity index (χ0) is 18.2. The monoisotopic (exact) mass is 379 g/mol. The third-order valence-corrected chi connectivity index (χ3v) is 6.26. The average molecular weight is 380 g/mol. The molecule has 0 bridgehead atoms. The number of rotatable bonds is 7. The largest absolute Gasteiger partial charge is 0.381 e. The van der Waals surface area contributed by atoms with Crippen LogP contribution in [0.2, 0.25) is 0 Å². The minimum atomic E-state index is 0.506. The van der Waals surface area contributed by atoms with E-state index >= 15 is 0 Å². The van der Waals surface area contributed by atoms with Gasteiger partial charge in [-0.2, -0.15) is 0 Å². The number of nitrogens with one attached hydrogen (secondary N) is 2. The minimum Gasteiger partial charge on any atom is -0.381 e. The molecule has 2 N–H and O–H groups in total. The first-order valence-corrected chi connectivity index (χ1v) is 10.9. The van der Waals surface area contributed by atoms with Gasteiger partial charge in [-0.25, -0.2) is 9.98 Å². The van der Waals surface area contributed by atoms with Gasteiger partial charge in [0.15, 0.2) is 5.96 Å². The Bertz CT molecular complexity index is 562. The highest BCUT2D eigenvalue weighted by Crippen LogP contribution is 2.18. The molecule has 2 saturated heterocycles. The number of aryl methyl sites for hydroxylation is 1. The summed E-state index contributed by atoms with van der Waals surface area (Å²) in [6, 6.07) is 0.506. The van der Waals surface area contributed by atoms with Crippen LogP contribution in [0, 0.1) is 5.92 Å². The van der Waals surface area contributed by atoms with E-state index in [1.54, 1.807) is 11.3 Å². The molecule has 0 spiro atoms. The predicted molar refractivity (Wildman–Crippen MR) is 108 cm³/mol. The van der Waals surface area contributed by atoms with E-state index in [0.29, 0.717) is 12.6 Å². The molecule has 1 unspecified atom stereocenters. The van der Waals surface area contributed by atoms with Gasteiger partial charge in [0.25, 0.3) is 0 Å². The second kappa shape index (κ2) is 10.2. The van der Waals surface area contributed by atoms with Crippen LogP contribution in [-0.2, 0) is 17.7 Å². The lowest BCUT2D eigenvalue weighted by Gasteiger charge is -2.34. The molecule has 0 saturated carbocycles. The highest BCUT2D eigenvalue weighted by molar-refractivity contribution is 7.11. The van der Waals surface area contributed by atoms with Crippen LogP contribution in [0.4, 0.5) is 0 Å². The number of aromatic nitrogens is 1. The second-order valence-corrected chi connectivity index (χ2v) is 8.42. The Morgan fingerprint density at radius 1 is 1.35 bits per heavy atom. The van der Waals surface area contributed by atoms with E-state index in [2.05, 4.69) is 34.4 Å². The van der Waals surface area contributed by atoms with Gasteiger partial charge >= 0.3 is 0 Å². The number of thiazole rings is 1. The van der Waals surface area contributed by atoms with E-state index in [1.807, 2.05) is 6.20 Å². The van der Waals surface area contributed by atoms with Crippen LogP contribution in [0.3, 0.4) is 0 Å². The number of nitrogens with zero attached hydrogens (tertiary/aromatic N) is 3. The molecule has 2 aliphatic heterocycles. The smallest absolute Gasteiger partial charge is 0.191 e. The fraction of sp³-hybridized carbons (Fsp3) is 0.789. The zero-order valence-electron chi connectivity index (χ0n) is 16.2. The van der Waals surface area contributed by atoms with Gasteiger partial charge < -0.3 is 20.3 Å². The van der Waals surface area contributed by atoms with Crippen LogP contribution in [0.25, 0.3) is 0 Å². The van der Waals surface area contributed by atoms with Crippen LogP contribution in [0.1, 0.15) is 43.0 Å². The van der Waals surface area contributed by atoms with E-state index in [9.17, 15) is 0 Å². The maximum absolute atomic E-state index is 5.50. The van der Waals surface area contributed by atoms with Crippen molar-refractivity contribution >= 4 is 17.3 Å². The summed E-state index contributed by atoms with van der Waals surface area (Å²) < 4.78 is 5.50. The van der Waals surface area contributed by atoms with Crippen LogP contribution in [-0.4, -0.2) is 61.3 Å². The zero-order valence-corrected chi connectivity index (χ0v) is 17.0. The van der Waals surface area contributed by atoms with E-state index in [-0.39, 0.29) is 0 Å². The van der Waals surface area contributed by atoms with Crippen molar-refractivity contribution in [3.05, 3.63) is 16.1 Å². The molecule has 2 fully saturated rings. The Labute approximate surface area is 161 Å². The number of ether oxygens (including phenoxy) is 1. The maximum Gasteiger partial charge on any atom is 0.191 e. The molecule has 2 aliphatic rings. The molecule has 7 heteroatoms. The first-order valence-electron chi connectivity index (χ1n) is 10.0. The molecule has 26 heavy (non-hydrogen) atoms. The Morgan fingerprint density at radius 2 is 2.19 bits per heavy atom.